The van der Waals surface area contributed by atoms with Crippen LogP contribution in [0.2, 0.25) is 5.02 Å². The second kappa shape index (κ2) is 13.0. The van der Waals surface area contributed by atoms with E-state index in [-0.39, 0.29) is 18.0 Å². The summed E-state index contributed by atoms with van der Waals surface area (Å²) in [6.07, 6.45) is 4.39. The van der Waals surface area contributed by atoms with Crippen LogP contribution in [0.15, 0.2) is 41.2 Å². The standard InChI is InChI=1S/C31H42ClN5O3/c1-7-37(25-12-10-24(11-13-25)35(4)19-22-8-14-26(40-6)15-9-22)29-17-23(32)16-27(20(29)2)30(38)33-18-28-21(3)36(5)34-31(28)39/h8-9,14-17,24-25H,7,10-13,18-19H2,1-6H3,(H,33,38)(H,34,39). The summed E-state index contributed by atoms with van der Waals surface area (Å²) < 4.78 is 6.95. The van der Waals surface area contributed by atoms with Crippen molar-refractivity contribution >= 4 is 23.2 Å². The first kappa shape index (κ1) is 29.7. The summed E-state index contributed by atoms with van der Waals surface area (Å²) >= 11 is 6.56. The molecule has 1 heterocycles. The highest BCUT2D eigenvalue weighted by atomic mass is 35.5. The maximum Gasteiger partial charge on any atom is 0.269 e. The molecule has 0 saturated heterocycles. The van der Waals surface area contributed by atoms with Gasteiger partial charge in [0, 0.05) is 54.2 Å². The number of methoxy groups -OCH3 is 1. The molecule has 1 amide bonds. The van der Waals surface area contributed by atoms with Crippen molar-refractivity contribution in [3.63, 3.8) is 0 Å². The number of nitrogens with zero attached hydrogens (tertiary/aromatic N) is 3. The van der Waals surface area contributed by atoms with Crippen LogP contribution in [0.1, 0.15) is 65.3 Å². The Morgan fingerprint density at radius 2 is 1.77 bits per heavy atom. The Kier molecular flexibility index (Phi) is 9.64. The van der Waals surface area contributed by atoms with Crippen molar-refractivity contribution in [3.05, 3.63) is 79.7 Å². The Labute approximate surface area is 242 Å². The number of hydrogen-bond acceptors (Lipinski definition) is 5. The topological polar surface area (TPSA) is 82.6 Å². The van der Waals surface area contributed by atoms with Gasteiger partial charge in [0.25, 0.3) is 11.5 Å². The van der Waals surface area contributed by atoms with Gasteiger partial charge in [0.15, 0.2) is 0 Å². The van der Waals surface area contributed by atoms with Crippen molar-refractivity contribution in [1.82, 2.24) is 20.0 Å². The van der Waals surface area contributed by atoms with E-state index in [0.717, 1.165) is 61.5 Å². The molecule has 9 heteroatoms. The summed E-state index contributed by atoms with van der Waals surface area (Å²) in [6, 6.07) is 12.9. The molecule has 0 radical (unpaired) electrons. The molecular weight excluding hydrogens is 526 g/mol. The van der Waals surface area contributed by atoms with Gasteiger partial charge in [-0.1, -0.05) is 23.7 Å². The lowest BCUT2D eigenvalue weighted by Crippen LogP contribution is -2.43. The number of halogens is 1. The summed E-state index contributed by atoms with van der Waals surface area (Å²) in [4.78, 5) is 30.3. The van der Waals surface area contributed by atoms with E-state index in [4.69, 9.17) is 16.3 Å². The largest absolute Gasteiger partial charge is 0.497 e. The third-order valence-electron chi connectivity index (χ3n) is 8.47. The third kappa shape index (κ3) is 6.56. The number of H-pyrrole nitrogens is 1. The van der Waals surface area contributed by atoms with Crippen LogP contribution in [-0.2, 0) is 20.1 Å². The normalized spacial score (nSPS) is 17.2. The minimum Gasteiger partial charge on any atom is -0.497 e. The minimum absolute atomic E-state index is 0.160. The molecule has 0 spiro atoms. The third-order valence-corrected chi connectivity index (χ3v) is 8.69. The van der Waals surface area contributed by atoms with Gasteiger partial charge < -0.3 is 15.0 Å². The van der Waals surface area contributed by atoms with Gasteiger partial charge in [0.2, 0.25) is 0 Å². The molecular formula is C31H42ClN5O3. The van der Waals surface area contributed by atoms with Crippen molar-refractivity contribution < 1.29 is 9.53 Å². The van der Waals surface area contributed by atoms with Crippen LogP contribution < -0.4 is 20.5 Å². The molecule has 3 aromatic rings. The number of ether oxygens (including phenoxy) is 1. The lowest BCUT2D eigenvalue weighted by molar-refractivity contribution is 0.0950. The molecule has 1 aromatic heterocycles. The Morgan fingerprint density at radius 1 is 1.12 bits per heavy atom. The Balaban J connectivity index is 1.42. The van der Waals surface area contributed by atoms with Crippen LogP contribution in [0.4, 0.5) is 5.69 Å². The number of benzene rings is 2. The number of carbonyl (C=O) groups is 1. The number of aryl methyl sites for hydroxylation is 1. The molecule has 0 aliphatic heterocycles. The smallest absolute Gasteiger partial charge is 0.269 e. The number of aromatic nitrogens is 2. The van der Waals surface area contributed by atoms with Crippen LogP contribution in [0.5, 0.6) is 5.75 Å². The Bertz CT molecular complexity index is 1370. The van der Waals surface area contributed by atoms with Gasteiger partial charge in [-0.3, -0.25) is 24.3 Å². The highest BCUT2D eigenvalue weighted by Crippen LogP contribution is 2.34. The zero-order valence-electron chi connectivity index (χ0n) is 24.5. The molecule has 1 saturated carbocycles. The van der Waals surface area contributed by atoms with Gasteiger partial charge in [-0.2, -0.15) is 0 Å². The maximum atomic E-state index is 13.2. The molecule has 2 aromatic carbocycles. The first-order valence-corrected chi connectivity index (χ1v) is 14.4. The second-order valence-corrected chi connectivity index (χ2v) is 11.3. The summed E-state index contributed by atoms with van der Waals surface area (Å²) in [6.45, 7) is 7.90. The Hall–Kier alpha value is -3.23. The van der Waals surface area contributed by atoms with Gasteiger partial charge in [-0.25, -0.2) is 0 Å². The number of amides is 1. The maximum absolute atomic E-state index is 13.2. The predicted octanol–water partition coefficient (Wildman–Crippen LogP) is 5.19. The molecule has 0 bridgehead atoms. The monoisotopic (exact) mass is 567 g/mol. The fraction of sp³-hybridized carbons (Fsp3) is 0.484. The van der Waals surface area contributed by atoms with Gasteiger partial charge >= 0.3 is 0 Å². The van der Waals surface area contributed by atoms with Gasteiger partial charge in [-0.05, 0) is 88.9 Å². The molecule has 216 valence electrons. The van der Waals surface area contributed by atoms with Crippen molar-refractivity contribution in [3.8, 4) is 5.75 Å². The number of aromatic amines is 1. The van der Waals surface area contributed by atoms with Crippen molar-refractivity contribution in [2.45, 2.75) is 71.6 Å². The molecule has 8 nitrogen and oxygen atoms in total. The molecule has 1 aliphatic carbocycles. The minimum atomic E-state index is -0.233. The first-order chi connectivity index (χ1) is 19.1. The van der Waals surface area contributed by atoms with Crippen LogP contribution in [0.25, 0.3) is 0 Å². The van der Waals surface area contributed by atoms with Crippen molar-refractivity contribution in [2.75, 3.05) is 25.6 Å². The number of nitrogens with one attached hydrogen (secondary N) is 2. The SMILES string of the molecule is CCN(c1cc(Cl)cc(C(=O)NCc2c(C)n(C)[nH]c2=O)c1C)C1CCC(N(C)Cc2ccc(OC)cc2)CC1. The van der Waals surface area contributed by atoms with Gasteiger partial charge in [-0.15, -0.1) is 0 Å². The number of rotatable bonds is 10. The first-order valence-electron chi connectivity index (χ1n) is 14.1. The fourth-order valence-corrected chi connectivity index (χ4v) is 6.14. The zero-order valence-corrected chi connectivity index (χ0v) is 25.3. The summed E-state index contributed by atoms with van der Waals surface area (Å²) in [7, 11) is 5.68. The quantitative estimate of drug-likeness (QED) is 0.352. The van der Waals surface area contributed by atoms with Crippen LogP contribution in [-0.4, -0.2) is 53.4 Å². The molecule has 0 atom stereocenters. The Morgan fingerprint density at radius 3 is 2.35 bits per heavy atom. The highest BCUT2D eigenvalue weighted by Gasteiger charge is 2.29. The zero-order chi connectivity index (χ0) is 29.0. The molecule has 40 heavy (non-hydrogen) atoms. The van der Waals surface area contributed by atoms with E-state index in [9.17, 15) is 9.59 Å². The van der Waals surface area contributed by atoms with E-state index in [2.05, 4.69) is 46.3 Å². The van der Waals surface area contributed by atoms with Crippen molar-refractivity contribution in [1.29, 1.82) is 0 Å². The highest BCUT2D eigenvalue weighted by molar-refractivity contribution is 6.31. The van der Waals surface area contributed by atoms with E-state index in [1.54, 1.807) is 24.9 Å². The van der Waals surface area contributed by atoms with E-state index in [1.807, 2.05) is 32.0 Å². The number of carbonyl (C=O) groups excluding carboxylic acids is 1. The average Bonchev–Trinajstić information content (AvgIpc) is 3.19. The van der Waals surface area contributed by atoms with Crippen molar-refractivity contribution in [2.24, 2.45) is 7.05 Å². The summed E-state index contributed by atoms with van der Waals surface area (Å²) in [5.41, 5.74) is 4.90. The second-order valence-electron chi connectivity index (χ2n) is 10.9. The van der Waals surface area contributed by atoms with E-state index in [0.29, 0.717) is 28.2 Å². The predicted molar refractivity (Wildman–Crippen MR) is 162 cm³/mol. The summed E-state index contributed by atoms with van der Waals surface area (Å²) in [5.74, 6) is 0.647. The molecule has 1 fully saturated rings. The lowest BCUT2D eigenvalue weighted by Gasteiger charge is -2.41. The van der Waals surface area contributed by atoms with Gasteiger partial charge in [0.1, 0.15) is 5.75 Å². The molecule has 0 unspecified atom stereocenters. The van der Waals surface area contributed by atoms with Crippen LogP contribution in [0.3, 0.4) is 0 Å². The van der Waals surface area contributed by atoms with Gasteiger partial charge in [0.05, 0.1) is 19.2 Å². The number of anilines is 1. The van der Waals surface area contributed by atoms with Crippen LogP contribution in [0, 0.1) is 13.8 Å². The molecule has 1 aliphatic rings. The molecule has 4 rings (SSSR count). The number of hydrogen-bond donors (Lipinski definition) is 2. The summed E-state index contributed by atoms with van der Waals surface area (Å²) in [5, 5.41) is 6.19. The van der Waals surface area contributed by atoms with E-state index < -0.39 is 0 Å². The van der Waals surface area contributed by atoms with E-state index in [1.165, 1.54) is 5.56 Å². The van der Waals surface area contributed by atoms with E-state index >= 15 is 0 Å². The lowest BCUT2D eigenvalue weighted by atomic mass is 9.88. The van der Waals surface area contributed by atoms with Crippen LogP contribution >= 0.6 is 11.6 Å². The fourth-order valence-electron chi connectivity index (χ4n) is 5.93. The average molecular weight is 568 g/mol. The molecule has 2 N–H and O–H groups in total.